The summed E-state index contributed by atoms with van der Waals surface area (Å²) in [7, 11) is 1.75. The van der Waals surface area contributed by atoms with Crippen molar-refractivity contribution in [3.8, 4) is 5.75 Å². The van der Waals surface area contributed by atoms with E-state index in [-0.39, 0.29) is 5.75 Å². The highest BCUT2D eigenvalue weighted by atomic mass is 16.3. The van der Waals surface area contributed by atoms with E-state index in [1.54, 1.807) is 31.3 Å². The number of phenolic OH excluding ortho intramolecular Hbond substituents is 1. The molecule has 0 aromatic heterocycles. The summed E-state index contributed by atoms with van der Waals surface area (Å²) < 4.78 is 0. The molecule has 1 aromatic rings. The van der Waals surface area contributed by atoms with E-state index < -0.39 is 6.10 Å². The number of aliphatic hydroxyl groups excluding tert-OH is 1. The van der Waals surface area contributed by atoms with E-state index in [1.807, 2.05) is 0 Å². The summed E-state index contributed by atoms with van der Waals surface area (Å²) in [5, 5.41) is 21.6. The Bertz CT molecular complexity index is 250. The van der Waals surface area contributed by atoms with Crippen molar-refractivity contribution in [1.82, 2.24) is 5.32 Å². The summed E-state index contributed by atoms with van der Waals surface area (Å²) in [6, 6.07) is 6.78. The highest BCUT2D eigenvalue weighted by Gasteiger charge is 2.09. The van der Waals surface area contributed by atoms with Crippen molar-refractivity contribution in [3.05, 3.63) is 29.8 Å². The maximum atomic E-state index is 9.48. The minimum absolute atomic E-state index is 0.139. The predicted octanol–water partition coefficient (Wildman–Crippen LogP) is 0.645. The number of aromatic hydroxyl groups is 1. The zero-order chi connectivity index (χ0) is 8.97. The van der Waals surface area contributed by atoms with Crippen LogP contribution in [0.2, 0.25) is 0 Å². The second kappa shape index (κ2) is 4.09. The largest absolute Gasteiger partial charge is 0.508 e. The molecule has 3 heteroatoms. The number of benzene rings is 1. The van der Waals surface area contributed by atoms with Crippen molar-refractivity contribution < 1.29 is 10.2 Å². The predicted molar refractivity (Wildman–Crippen MR) is 47.0 cm³/mol. The van der Waals surface area contributed by atoms with Gasteiger partial charge >= 0.3 is 0 Å². The topological polar surface area (TPSA) is 52.5 Å². The molecule has 12 heavy (non-hydrogen) atoms. The summed E-state index contributed by atoms with van der Waals surface area (Å²) in [5.41, 5.74) is 0.562. The van der Waals surface area contributed by atoms with Gasteiger partial charge in [-0.3, -0.25) is 0 Å². The molecule has 0 amide bonds. The summed E-state index contributed by atoms with van der Waals surface area (Å²) >= 11 is 0. The minimum atomic E-state index is -0.642. The number of nitrogens with one attached hydrogen (secondary N) is 1. The Morgan fingerprint density at radius 2 is 2.08 bits per heavy atom. The first kappa shape index (κ1) is 9.03. The maximum absolute atomic E-state index is 9.48. The minimum Gasteiger partial charge on any atom is -0.508 e. The van der Waals surface area contributed by atoms with Crippen molar-refractivity contribution in [2.75, 3.05) is 13.6 Å². The number of para-hydroxylation sites is 1. The SMILES string of the molecule is CNC[C@@H](O)c1ccccc1O. The number of aliphatic hydroxyl groups is 1. The van der Waals surface area contributed by atoms with Crippen LogP contribution in [0.3, 0.4) is 0 Å². The summed E-state index contributed by atoms with van der Waals surface area (Å²) in [5.74, 6) is 0.139. The molecule has 0 aliphatic rings. The van der Waals surface area contributed by atoms with Crippen LogP contribution in [0.1, 0.15) is 11.7 Å². The molecule has 0 spiro atoms. The van der Waals surface area contributed by atoms with E-state index in [0.29, 0.717) is 12.1 Å². The molecule has 0 saturated heterocycles. The number of likely N-dealkylation sites (N-methyl/N-ethyl adjacent to an activating group) is 1. The third-order valence-electron chi connectivity index (χ3n) is 1.69. The lowest BCUT2D eigenvalue weighted by molar-refractivity contribution is 0.174. The molecular weight excluding hydrogens is 154 g/mol. The second-order valence-electron chi connectivity index (χ2n) is 2.63. The van der Waals surface area contributed by atoms with Gasteiger partial charge in [0.1, 0.15) is 5.75 Å². The molecule has 3 nitrogen and oxygen atoms in total. The van der Waals surface area contributed by atoms with Crippen LogP contribution in [0.25, 0.3) is 0 Å². The molecule has 0 bridgehead atoms. The Balaban J connectivity index is 2.79. The van der Waals surface area contributed by atoms with Crippen molar-refractivity contribution >= 4 is 0 Å². The Morgan fingerprint density at radius 1 is 1.42 bits per heavy atom. The Morgan fingerprint density at radius 3 is 2.67 bits per heavy atom. The lowest BCUT2D eigenvalue weighted by atomic mass is 10.1. The third-order valence-corrected chi connectivity index (χ3v) is 1.69. The van der Waals surface area contributed by atoms with Gasteiger partial charge in [-0.05, 0) is 13.1 Å². The van der Waals surface area contributed by atoms with Gasteiger partial charge in [0.2, 0.25) is 0 Å². The van der Waals surface area contributed by atoms with Gasteiger partial charge in [0.15, 0.2) is 0 Å². The molecule has 1 rings (SSSR count). The van der Waals surface area contributed by atoms with Gasteiger partial charge in [0.25, 0.3) is 0 Å². The highest BCUT2D eigenvalue weighted by molar-refractivity contribution is 5.33. The van der Waals surface area contributed by atoms with Crippen LogP contribution < -0.4 is 5.32 Å². The molecule has 0 aliphatic heterocycles. The van der Waals surface area contributed by atoms with Crippen molar-refractivity contribution in [2.45, 2.75) is 6.10 Å². The maximum Gasteiger partial charge on any atom is 0.121 e. The van der Waals surface area contributed by atoms with Crippen LogP contribution >= 0.6 is 0 Å². The van der Waals surface area contributed by atoms with Crippen LogP contribution in [-0.2, 0) is 0 Å². The molecule has 0 aliphatic carbocycles. The zero-order valence-electron chi connectivity index (χ0n) is 6.99. The fourth-order valence-electron chi connectivity index (χ4n) is 1.07. The van der Waals surface area contributed by atoms with Gasteiger partial charge in [-0.1, -0.05) is 18.2 Å². The molecule has 66 valence electrons. The van der Waals surface area contributed by atoms with Gasteiger partial charge in [-0.25, -0.2) is 0 Å². The normalized spacial score (nSPS) is 12.8. The van der Waals surface area contributed by atoms with Crippen molar-refractivity contribution in [1.29, 1.82) is 0 Å². The smallest absolute Gasteiger partial charge is 0.121 e. The summed E-state index contributed by atoms with van der Waals surface area (Å²) in [4.78, 5) is 0. The van der Waals surface area contributed by atoms with Crippen LogP contribution in [0.15, 0.2) is 24.3 Å². The Labute approximate surface area is 71.7 Å². The van der Waals surface area contributed by atoms with Crippen LogP contribution in [0, 0.1) is 0 Å². The van der Waals surface area contributed by atoms with Gasteiger partial charge in [-0.15, -0.1) is 0 Å². The van der Waals surface area contributed by atoms with Crippen LogP contribution in [0.4, 0.5) is 0 Å². The average Bonchev–Trinajstić information content (AvgIpc) is 2.05. The van der Waals surface area contributed by atoms with E-state index >= 15 is 0 Å². The standard InChI is InChI=1S/C9H13NO2/c1-10-6-9(12)7-4-2-3-5-8(7)11/h2-5,9-12H,6H2,1H3/t9-/m1/s1. The molecule has 0 heterocycles. The van der Waals surface area contributed by atoms with E-state index in [1.165, 1.54) is 0 Å². The molecule has 1 atom stereocenters. The van der Waals surface area contributed by atoms with Crippen LogP contribution in [0.5, 0.6) is 5.75 Å². The first-order chi connectivity index (χ1) is 5.75. The number of hydrogen-bond donors (Lipinski definition) is 3. The molecule has 0 radical (unpaired) electrons. The number of rotatable bonds is 3. The molecular formula is C9H13NO2. The van der Waals surface area contributed by atoms with Gasteiger partial charge in [0.05, 0.1) is 6.10 Å². The quantitative estimate of drug-likeness (QED) is 0.619. The lowest BCUT2D eigenvalue weighted by Gasteiger charge is -2.11. The van der Waals surface area contributed by atoms with E-state index in [0.717, 1.165) is 0 Å². The third kappa shape index (κ3) is 1.96. The van der Waals surface area contributed by atoms with Gasteiger partial charge in [-0.2, -0.15) is 0 Å². The van der Waals surface area contributed by atoms with Crippen molar-refractivity contribution in [3.63, 3.8) is 0 Å². The molecule has 0 saturated carbocycles. The monoisotopic (exact) mass is 167 g/mol. The van der Waals surface area contributed by atoms with Crippen LogP contribution in [-0.4, -0.2) is 23.8 Å². The first-order valence-electron chi connectivity index (χ1n) is 3.86. The zero-order valence-corrected chi connectivity index (χ0v) is 6.99. The molecule has 1 aromatic carbocycles. The molecule has 3 N–H and O–H groups in total. The summed E-state index contributed by atoms with van der Waals surface area (Å²) in [6.45, 7) is 0.442. The summed E-state index contributed by atoms with van der Waals surface area (Å²) in [6.07, 6.45) is -0.642. The Hall–Kier alpha value is -1.06. The first-order valence-corrected chi connectivity index (χ1v) is 3.86. The van der Waals surface area contributed by atoms with E-state index in [2.05, 4.69) is 5.32 Å². The van der Waals surface area contributed by atoms with Gasteiger partial charge in [0, 0.05) is 12.1 Å². The fourth-order valence-corrected chi connectivity index (χ4v) is 1.07. The van der Waals surface area contributed by atoms with Crippen molar-refractivity contribution in [2.24, 2.45) is 0 Å². The molecule has 0 fully saturated rings. The fraction of sp³-hybridized carbons (Fsp3) is 0.333. The number of hydrogen-bond acceptors (Lipinski definition) is 3. The Kier molecular flexibility index (Phi) is 3.08. The molecule has 0 unspecified atom stereocenters. The lowest BCUT2D eigenvalue weighted by Crippen LogP contribution is -2.16. The average molecular weight is 167 g/mol. The highest BCUT2D eigenvalue weighted by Crippen LogP contribution is 2.22. The van der Waals surface area contributed by atoms with E-state index in [4.69, 9.17) is 0 Å². The number of phenols is 1. The van der Waals surface area contributed by atoms with Gasteiger partial charge < -0.3 is 15.5 Å². The van der Waals surface area contributed by atoms with E-state index in [9.17, 15) is 10.2 Å². The second-order valence-corrected chi connectivity index (χ2v) is 2.63.